The van der Waals surface area contributed by atoms with Crippen LogP contribution in [0.4, 0.5) is 0 Å². The Bertz CT molecular complexity index is 305. The van der Waals surface area contributed by atoms with E-state index in [0.717, 1.165) is 12.8 Å². The molecule has 5 atom stereocenters. The van der Waals surface area contributed by atoms with Gasteiger partial charge in [0.2, 0.25) is 0 Å². The van der Waals surface area contributed by atoms with Crippen molar-refractivity contribution in [2.45, 2.75) is 50.4 Å². The Morgan fingerprint density at radius 3 is 2.35 bits per heavy atom. The minimum Gasteiger partial charge on any atom is -0.478 e. The molecular weight excluding hydrogens is 270 g/mol. The van der Waals surface area contributed by atoms with Crippen LogP contribution in [0.15, 0.2) is 12.2 Å². The fourth-order valence-corrected chi connectivity index (χ4v) is 1.47. The summed E-state index contributed by atoms with van der Waals surface area (Å²) in [6.45, 7) is 1.54. The van der Waals surface area contributed by atoms with E-state index < -0.39 is 43.2 Å². The van der Waals surface area contributed by atoms with Crippen LogP contribution in [0, 0.1) is 0 Å². The van der Waals surface area contributed by atoms with Crippen LogP contribution in [0.3, 0.4) is 0 Å². The van der Waals surface area contributed by atoms with Crippen LogP contribution in [0.1, 0.15) is 19.8 Å². The van der Waals surface area contributed by atoms with Gasteiger partial charge in [-0.2, -0.15) is 0 Å². The van der Waals surface area contributed by atoms with E-state index >= 15 is 0 Å². The SMILES string of the molecule is CCC/C=C/C(=O)O.N[C@H]1C(O)O[C@H](CO)[C@@H](O)[C@@H]1O. The molecule has 0 amide bonds. The molecule has 1 saturated heterocycles. The van der Waals surface area contributed by atoms with Gasteiger partial charge in [0.15, 0.2) is 6.29 Å². The number of hydrogen-bond donors (Lipinski definition) is 6. The van der Waals surface area contributed by atoms with E-state index in [1.54, 1.807) is 6.08 Å². The van der Waals surface area contributed by atoms with Crippen molar-refractivity contribution < 1.29 is 35.1 Å². The minimum atomic E-state index is -1.35. The molecule has 0 bridgehead atoms. The Balaban J connectivity index is 0.000000396. The van der Waals surface area contributed by atoms with Gasteiger partial charge in [0.05, 0.1) is 12.6 Å². The Hall–Kier alpha value is -1.03. The zero-order valence-corrected chi connectivity index (χ0v) is 11.3. The summed E-state index contributed by atoms with van der Waals surface area (Å²) in [6.07, 6.45) is -0.170. The lowest BCUT2D eigenvalue weighted by Gasteiger charge is -2.38. The van der Waals surface area contributed by atoms with Crippen molar-refractivity contribution in [3.63, 3.8) is 0 Å². The molecule has 7 N–H and O–H groups in total. The fourth-order valence-electron chi connectivity index (χ4n) is 1.47. The van der Waals surface area contributed by atoms with Crippen molar-refractivity contribution in [1.82, 2.24) is 0 Å². The van der Waals surface area contributed by atoms with Crippen LogP contribution in [-0.2, 0) is 9.53 Å². The molecule has 118 valence electrons. The first-order valence-electron chi connectivity index (χ1n) is 6.30. The molecule has 1 fully saturated rings. The molecule has 1 unspecified atom stereocenters. The zero-order valence-electron chi connectivity index (χ0n) is 11.3. The second-order valence-electron chi connectivity index (χ2n) is 4.34. The highest BCUT2D eigenvalue weighted by Gasteiger charge is 2.41. The summed E-state index contributed by atoms with van der Waals surface area (Å²) < 4.78 is 4.70. The number of carboxylic acids is 1. The monoisotopic (exact) mass is 293 g/mol. The smallest absolute Gasteiger partial charge is 0.327 e. The third-order valence-corrected chi connectivity index (χ3v) is 2.66. The van der Waals surface area contributed by atoms with E-state index in [4.69, 9.17) is 25.8 Å². The summed E-state index contributed by atoms with van der Waals surface area (Å²) >= 11 is 0. The number of nitrogens with two attached hydrogens (primary N) is 1. The molecule has 0 saturated carbocycles. The highest BCUT2D eigenvalue weighted by atomic mass is 16.6. The lowest BCUT2D eigenvalue weighted by Crippen LogP contribution is -2.61. The first kappa shape index (κ1) is 19.0. The second-order valence-corrected chi connectivity index (χ2v) is 4.34. The van der Waals surface area contributed by atoms with Crippen molar-refractivity contribution in [1.29, 1.82) is 0 Å². The molecule has 20 heavy (non-hydrogen) atoms. The number of aliphatic hydroxyl groups excluding tert-OH is 4. The van der Waals surface area contributed by atoms with Gasteiger partial charge >= 0.3 is 5.97 Å². The summed E-state index contributed by atoms with van der Waals surface area (Å²) in [5, 5.41) is 44.1. The molecule has 1 aliphatic heterocycles. The molecule has 0 aromatic rings. The Labute approximate surface area is 117 Å². The predicted octanol–water partition coefficient (Wildman–Crippen LogP) is -1.83. The number of ether oxygens (including phenoxy) is 1. The lowest BCUT2D eigenvalue weighted by atomic mass is 9.98. The first-order valence-corrected chi connectivity index (χ1v) is 6.30. The summed E-state index contributed by atoms with van der Waals surface area (Å²) in [5.74, 6) is -0.863. The standard InChI is InChI=1S/C6H13NO5.C6H10O2/c7-3-5(10)4(9)2(1-8)12-6(3)11;1-2-3-4-5-6(7)8/h2-6,8-11H,1,7H2;4-5H,2-3H2,1H3,(H,7,8)/b;5-4+/t2-,3-,4-,5-,6?;/m1./s1. The Kier molecular flexibility index (Phi) is 9.30. The van der Waals surface area contributed by atoms with E-state index in [9.17, 15) is 15.0 Å². The molecule has 8 heteroatoms. The van der Waals surface area contributed by atoms with E-state index in [1.807, 2.05) is 6.92 Å². The normalized spacial score (nSPS) is 33.6. The predicted molar refractivity (Wildman–Crippen MR) is 69.6 cm³/mol. The molecule has 1 rings (SSSR count). The van der Waals surface area contributed by atoms with Gasteiger partial charge in [0, 0.05) is 6.08 Å². The van der Waals surface area contributed by atoms with Crippen molar-refractivity contribution in [3.8, 4) is 0 Å². The summed E-state index contributed by atoms with van der Waals surface area (Å²) in [5.41, 5.74) is 5.26. The minimum absolute atomic E-state index is 0.470. The van der Waals surface area contributed by atoms with Gasteiger partial charge in [0.25, 0.3) is 0 Å². The van der Waals surface area contributed by atoms with Crippen molar-refractivity contribution >= 4 is 5.97 Å². The van der Waals surface area contributed by atoms with Crippen LogP contribution in [0.2, 0.25) is 0 Å². The van der Waals surface area contributed by atoms with Crippen molar-refractivity contribution in [3.05, 3.63) is 12.2 Å². The maximum atomic E-state index is 9.79. The van der Waals surface area contributed by atoms with Crippen LogP contribution < -0.4 is 5.73 Å². The van der Waals surface area contributed by atoms with Crippen molar-refractivity contribution in [2.75, 3.05) is 6.61 Å². The van der Waals surface area contributed by atoms with Gasteiger partial charge in [-0.15, -0.1) is 0 Å². The van der Waals surface area contributed by atoms with Gasteiger partial charge in [-0.3, -0.25) is 0 Å². The number of aliphatic hydroxyl groups is 4. The molecule has 0 aromatic heterocycles. The van der Waals surface area contributed by atoms with Crippen molar-refractivity contribution in [2.24, 2.45) is 5.73 Å². The van der Waals surface area contributed by atoms with E-state index in [-0.39, 0.29) is 0 Å². The largest absolute Gasteiger partial charge is 0.478 e. The third kappa shape index (κ3) is 6.42. The Morgan fingerprint density at radius 1 is 1.30 bits per heavy atom. The highest BCUT2D eigenvalue weighted by Crippen LogP contribution is 2.17. The quantitative estimate of drug-likeness (QED) is 0.331. The van der Waals surface area contributed by atoms with Gasteiger partial charge in [-0.25, -0.2) is 4.79 Å². The summed E-state index contributed by atoms with van der Waals surface area (Å²) in [4.78, 5) is 9.79. The number of aliphatic carboxylic acids is 1. The number of carboxylic acid groups (broad SMARTS) is 1. The third-order valence-electron chi connectivity index (χ3n) is 2.66. The number of unbranched alkanes of at least 4 members (excludes halogenated alkanes) is 1. The maximum Gasteiger partial charge on any atom is 0.327 e. The van der Waals surface area contributed by atoms with Gasteiger partial charge < -0.3 is 36.0 Å². The lowest BCUT2D eigenvalue weighted by molar-refractivity contribution is -0.248. The highest BCUT2D eigenvalue weighted by molar-refractivity contribution is 5.79. The number of hydrogen-bond acceptors (Lipinski definition) is 7. The molecule has 0 aliphatic carbocycles. The van der Waals surface area contributed by atoms with Crippen LogP contribution >= 0.6 is 0 Å². The number of carbonyl (C=O) groups is 1. The summed E-state index contributed by atoms with van der Waals surface area (Å²) in [7, 11) is 0. The van der Waals surface area contributed by atoms with Gasteiger partial charge in [-0.1, -0.05) is 19.4 Å². The first-order chi connectivity index (χ1) is 9.34. The molecular formula is C12H23NO7. The summed E-state index contributed by atoms with van der Waals surface area (Å²) in [6, 6.07) is -1.04. The molecule has 0 aromatic carbocycles. The average Bonchev–Trinajstić information content (AvgIpc) is 2.41. The van der Waals surface area contributed by atoms with Crippen LogP contribution in [0.5, 0.6) is 0 Å². The van der Waals surface area contributed by atoms with E-state index in [1.165, 1.54) is 6.08 Å². The number of allylic oxidation sites excluding steroid dienone is 1. The molecule has 0 radical (unpaired) electrons. The average molecular weight is 293 g/mol. The van der Waals surface area contributed by atoms with Gasteiger partial charge in [0.1, 0.15) is 18.3 Å². The molecule has 1 aliphatic rings. The van der Waals surface area contributed by atoms with Gasteiger partial charge in [-0.05, 0) is 6.42 Å². The topological polar surface area (TPSA) is 153 Å². The van der Waals surface area contributed by atoms with Crippen LogP contribution in [-0.4, -0.2) is 68.8 Å². The molecule has 0 spiro atoms. The zero-order chi connectivity index (χ0) is 15.7. The van der Waals surface area contributed by atoms with Crippen LogP contribution in [0.25, 0.3) is 0 Å². The Morgan fingerprint density at radius 2 is 1.90 bits per heavy atom. The maximum absolute atomic E-state index is 9.79. The number of rotatable bonds is 4. The fraction of sp³-hybridized carbons (Fsp3) is 0.750. The molecule has 8 nitrogen and oxygen atoms in total. The van der Waals surface area contributed by atoms with E-state index in [0.29, 0.717) is 0 Å². The molecule has 1 heterocycles. The van der Waals surface area contributed by atoms with E-state index in [2.05, 4.69) is 0 Å². The second kappa shape index (κ2) is 9.81.